The standard InChI is InChI=1S/C28H32N2O5/c1-2-8-19(16-26(31)32)29-27(33)18-9-7-10-20(15-18)30-28(34)35-17-25-23-13-5-3-11-21(23)22-12-4-6-14-24(22)25/h3-7,10-14,18-20,25H,2,8-9,15-17H2,1H3,(H,29,33)(H,30,34)(H,31,32)/t18-,19?,20-/m1/s1. The monoisotopic (exact) mass is 476 g/mol. The molecule has 4 rings (SSSR count). The van der Waals surface area contributed by atoms with Crippen LogP contribution in [-0.4, -0.2) is 41.8 Å². The van der Waals surface area contributed by atoms with Crippen molar-refractivity contribution in [3.05, 3.63) is 71.8 Å². The van der Waals surface area contributed by atoms with E-state index in [1.807, 2.05) is 43.3 Å². The molecular weight excluding hydrogens is 444 g/mol. The number of hydrogen-bond acceptors (Lipinski definition) is 4. The van der Waals surface area contributed by atoms with Gasteiger partial charge in [-0.05, 0) is 41.5 Å². The van der Waals surface area contributed by atoms with Crippen molar-refractivity contribution in [1.82, 2.24) is 10.6 Å². The molecule has 3 atom stereocenters. The van der Waals surface area contributed by atoms with Gasteiger partial charge in [-0.2, -0.15) is 0 Å². The van der Waals surface area contributed by atoms with Gasteiger partial charge in [0.1, 0.15) is 6.61 Å². The fraction of sp³-hybridized carbons (Fsp3) is 0.393. The summed E-state index contributed by atoms with van der Waals surface area (Å²) in [5, 5.41) is 14.8. The Balaban J connectivity index is 1.31. The summed E-state index contributed by atoms with van der Waals surface area (Å²) in [5.41, 5.74) is 4.65. The van der Waals surface area contributed by atoms with Crippen LogP contribution in [0.3, 0.4) is 0 Å². The fourth-order valence-corrected chi connectivity index (χ4v) is 5.10. The van der Waals surface area contributed by atoms with Gasteiger partial charge in [-0.25, -0.2) is 4.79 Å². The molecule has 2 amide bonds. The molecule has 1 unspecified atom stereocenters. The third-order valence-electron chi connectivity index (χ3n) is 6.75. The summed E-state index contributed by atoms with van der Waals surface area (Å²) in [5.74, 6) is -1.44. The van der Waals surface area contributed by atoms with Gasteiger partial charge in [0, 0.05) is 17.9 Å². The molecule has 2 aliphatic carbocycles. The summed E-state index contributed by atoms with van der Waals surface area (Å²) < 4.78 is 5.63. The summed E-state index contributed by atoms with van der Waals surface area (Å²) in [6.07, 6.45) is 5.55. The highest BCUT2D eigenvalue weighted by atomic mass is 16.5. The minimum atomic E-state index is -0.929. The zero-order chi connectivity index (χ0) is 24.8. The molecule has 7 heteroatoms. The number of carbonyl (C=O) groups excluding carboxylic acids is 2. The molecular formula is C28H32N2O5. The molecule has 0 bridgehead atoms. The number of carbonyl (C=O) groups is 3. The van der Waals surface area contributed by atoms with Crippen molar-refractivity contribution in [2.75, 3.05) is 6.61 Å². The average Bonchev–Trinajstić information content (AvgIpc) is 3.16. The third-order valence-corrected chi connectivity index (χ3v) is 6.75. The van der Waals surface area contributed by atoms with Crippen molar-refractivity contribution in [2.24, 2.45) is 5.92 Å². The second-order valence-electron chi connectivity index (χ2n) is 9.26. The van der Waals surface area contributed by atoms with Crippen LogP contribution in [-0.2, 0) is 14.3 Å². The Kier molecular flexibility index (Phi) is 7.85. The number of fused-ring (bicyclic) bond motifs is 3. The van der Waals surface area contributed by atoms with Crippen molar-refractivity contribution in [3.8, 4) is 11.1 Å². The lowest BCUT2D eigenvalue weighted by Crippen LogP contribution is -2.44. The van der Waals surface area contributed by atoms with Crippen LogP contribution in [0.4, 0.5) is 4.79 Å². The van der Waals surface area contributed by atoms with E-state index in [0.29, 0.717) is 19.3 Å². The second kappa shape index (κ2) is 11.2. The van der Waals surface area contributed by atoms with E-state index in [2.05, 4.69) is 34.9 Å². The molecule has 2 aliphatic rings. The highest BCUT2D eigenvalue weighted by Gasteiger charge is 2.30. The predicted octanol–water partition coefficient (Wildman–Crippen LogP) is 4.62. The van der Waals surface area contributed by atoms with Crippen molar-refractivity contribution in [1.29, 1.82) is 0 Å². The largest absolute Gasteiger partial charge is 0.481 e. The van der Waals surface area contributed by atoms with E-state index in [1.165, 1.54) is 11.1 Å². The van der Waals surface area contributed by atoms with Crippen LogP contribution < -0.4 is 10.6 Å². The Hall–Kier alpha value is -3.61. The van der Waals surface area contributed by atoms with Crippen LogP contribution in [0.2, 0.25) is 0 Å². The lowest BCUT2D eigenvalue weighted by molar-refractivity contribution is -0.138. The number of amides is 2. The van der Waals surface area contributed by atoms with E-state index in [9.17, 15) is 14.4 Å². The summed E-state index contributed by atoms with van der Waals surface area (Å²) in [4.78, 5) is 36.5. The number of nitrogens with one attached hydrogen (secondary N) is 2. The molecule has 0 radical (unpaired) electrons. The van der Waals surface area contributed by atoms with Gasteiger partial charge < -0.3 is 20.5 Å². The number of benzene rings is 2. The van der Waals surface area contributed by atoms with E-state index in [4.69, 9.17) is 9.84 Å². The number of carboxylic acids is 1. The molecule has 0 aromatic heterocycles. The van der Waals surface area contributed by atoms with Gasteiger partial charge in [0.15, 0.2) is 0 Å². The number of allylic oxidation sites excluding steroid dienone is 1. The van der Waals surface area contributed by atoms with Crippen molar-refractivity contribution >= 4 is 18.0 Å². The van der Waals surface area contributed by atoms with Gasteiger partial charge in [0.25, 0.3) is 0 Å². The summed E-state index contributed by atoms with van der Waals surface area (Å²) >= 11 is 0. The van der Waals surface area contributed by atoms with E-state index in [0.717, 1.165) is 17.5 Å². The quantitative estimate of drug-likeness (QED) is 0.458. The number of rotatable bonds is 9. The smallest absolute Gasteiger partial charge is 0.407 e. The second-order valence-corrected chi connectivity index (χ2v) is 9.26. The highest BCUT2D eigenvalue weighted by molar-refractivity contribution is 5.81. The van der Waals surface area contributed by atoms with Crippen molar-refractivity contribution in [2.45, 2.75) is 57.0 Å². The molecule has 0 aliphatic heterocycles. The zero-order valence-corrected chi connectivity index (χ0v) is 19.9. The maximum Gasteiger partial charge on any atom is 0.407 e. The van der Waals surface area contributed by atoms with Gasteiger partial charge in [-0.1, -0.05) is 74.0 Å². The Morgan fingerprint density at radius 3 is 2.34 bits per heavy atom. The Labute approximate surface area is 205 Å². The zero-order valence-electron chi connectivity index (χ0n) is 19.9. The van der Waals surface area contributed by atoms with Crippen LogP contribution in [0.1, 0.15) is 56.1 Å². The lowest BCUT2D eigenvalue weighted by atomic mass is 9.90. The summed E-state index contributed by atoms with van der Waals surface area (Å²) in [6.45, 7) is 2.19. The predicted molar refractivity (Wildman–Crippen MR) is 133 cm³/mol. The summed E-state index contributed by atoms with van der Waals surface area (Å²) in [6, 6.07) is 15.6. The average molecular weight is 477 g/mol. The first-order chi connectivity index (χ1) is 17.0. The Morgan fingerprint density at radius 2 is 1.71 bits per heavy atom. The molecule has 2 aromatic rings. The first-order valence-electron chi connectivity index (χ1n) is 12.3. The van der Waals surface area contributed by atoms with E-state index in [-0.39, 0.29) is 42.9 Å². The first kappa shape index (κ1) is 24.5. The van der Waals surface area contributed by atoms with Gasteiger partial charge in [-0.3, -0.25) is 9.59 Å². The molecule has 184 valence electrons. The molecule has 0 saturated heterocycles. The molecule has 3 N–H and O–H groups in total. The molecule has 0 saturated carbocycles. The number of alkyl carbamates (subject to hydrolysis) is 1. The lowest BCUT2D eigenvalue weighted by Gasteiger charge is -2.26. The fourth-order valence-electron chi connectivity index (χ4n) is 5.10. The van der Waals surface area contributed by atoms with Gasteiger partial charge in [0.05, 0.1) is 12.5 Å². The van der Waals surface area contributed by atoms with Crippen LogP contribution in [0.15, 0.2) is 60.7 Å². The number of aliphatic carboxylic acids is 1. The maximum absolute atomic E-state index is 12.7. The number of carboxylic acid groups (broad SMARTS) is 1. The van der Waals surface area contributed by atoms with Crippen LogP contribution in [0.25, 0.3) is 11.1 Å². The molecule has 2 aromatic carbocycles. The molecule has 0 fully saturated rings. The van der Waals surface area contributed by atoms with Crippen molar-refractivity contribution < 1.29 is 24.2 Å². The van der Waals surface area contributed by atoms with Crippen LogP contribution in [0, 0.1) is 5.92 Å². The Morgan fingerprint density at radius 1 is 1.06 bits per heavy atom. The molecule has 0 heterocycles. The van der Waals surface area contributed by atoms with Crippen molar-refractivity contribution in [3.63, 3.8) is 0 Å². The molecule has 35 heavy (non-hydrogen) atoms. The minimum absolute atomic E-state index is 0.0155. The van der Waals surface area contributed by atoms with E-state index >= 15 is 0 Å². The van der Waals surface area contributed by atoms with Gasteiger partial charge >= 0.3 is 12.1 Å². The first-order valence-corrected chi connectivity index (χ1v) is 12.3. The van der Waals surface area contributed by atoms with E-state index in [1.54, 1.807) is 0 Å². The van der Waals surface area contributed by atoms with Crippen LogP contribution in [0.5, 0.6) is 0 Å². The normalized spacial score (nSPS) is 19.3. The SMILES string of the molecule is CCCC(CC(=O)O)NC(=O)[C@@H]1CC=C[C@@H](NC(=O)OCC2c3ccccc3-c3ccccc32)C1. The summed E-state index contributed by atoms with van der Waals surface area (Å²) in [7, 11) is 0. The maximum atomic E-state index is 12.7. The molecule has 7 nitrogen and oxygen atoms in total. The molecule has 0 spiro atoms. The van der Waals surface area contributed by atoms with Crippen LogP contribution >= 0.6 is 0 Å². The van der Waals surface area contributed by atoms with Gasteiger partial charge in [0.2, 0.25) is 5.91 Å². The Bertz CT molecular complexity index is 1070. The van der Waals surface area contributed by atoms with E-state index < -0.39 is 12.1 Å². The number of hydrogen-bond donors (Lipinski definition) is 3. The minimum Gasteiger partial charge on any atom is -0.481 e. The van der Waals surface area contributed by atoms with Gasteiger partial charge in [-0.15, -0.1) is 0 Å². The highest BCUT2D eigenvalue weighted by Crippen LogP contribution is 2.44. The topological polar surface area (TPSA) is 105 Å². The number of ether oxygens (including phenoxy) is 1. The third kappa shape index (κ3) is 5.91.